The van der Waals surface area contributed by atoms with Crippen molar-refractivity contribution in [3.63, 3.8) is 0 Å². The molecular formula is C22H30N4O2. The van der Waals surface area contributed by atoms with E-state index in [1.54, 1.807) is 6.21 Å². The molecule has 6 heteroatoms. The van der Waals surface area contributed by atoms with E-state index >= 15 is 0 Å². The van der Waals surface area contributed by atoms with Crippen LogP contribution in [0.2, 0.25) is 0 Å². The van der Waals surface area contributed by atoms with Crippen LogP contribution in [0.1, 0.15) is 86.4 Å². The van der Waals surface area contributed by atoms with Gasteiger partial charge in [-0.25, -0.2) is 5.43 Å². The van der Waals surface area contributed by atoms with Gasteiger partial charge in [-0.2, -0.15) is 10.2 Å². The SMILES string of the molecule is CC(C)(C)c1cc(/C=N/NC(=O)c2n[nH]c3c2CCC3)cc(C(C)(C)C)c1O. The Bertz CT molecular complexity index is 892. The number of rotatable bonds is 3. The zero-order valence-electron chi connectivity index (χ0n) is 17.6. The Morgan fingerprint density at radius 1 is 1.14 bits per heavy atom. The van der Waals surface area contributed by atoms with Crippen LogP contribution in [0.15, 0.2) is 17.2 Å². The molecule has 6 nitrogen and oxygen atoms in total. The molecule has 0 bridgehead atoms. The van der Waals surface area contributed by atoms with Gasteiger partial charge in [0.2, 0.25) is 0 Å². The number of aryl methyl sites for hydroxylation is 1. The highest BCUT2D eigenvalue weighted by atomic mass is 16.3. The molecule has 150 valence electrons. The van der Waals surface area contributed by atoms with Crippen molar-refractivity contribution in [2.24, 2.45) is 5.10 Å². The van der Waals surface area contributed by atoms with E-state index in [1.807, 2.05) is 12.1 Å². The van der Waals surface area contributed by atoms with Gasteiger partial charge in [0.05, 0.1) is 6.21 Å². The van der Waals surface area contributed by atoms with Crippen molar-refractivity contribution in [2.75, 3.05) is 0 Å². The van der Waals surface area contributed by atoms with E-state index in [1.165, 1.54) is 0 Å². The molecule has 1 aromatic heterocycles. The number of hydrogen-bond acceptors (Lipinski definition) is 4. The number of nitrogens with zero attached hydrogens (tertiary/aromatic N) is 2. The molecule has 1 aromatic carbocycles. The first-order valence-corrected chi connectivity index (χ1v) is 9.76. The van der Waals surface area contributed by atoms with Crippen LogP contribution in [-0.4, -0.2) is 27.4 Å². The summed E-state index contributed by atoms with van der Waals surface area (Å²) < 4.78 is 0. The maximum Gasteiger partial charge on any atom is 0.292 e. The van der Waals surface area contributed by atoms with E-state index in [-0.39, 0.29) is 16.7 Å². The monoisotopic (exact) mass is 382 g/mol. The van der Waals surface area contributed by atoms with E-state index in [4.69, 9.17) is 0 Å². The number of hydrazone groups is 1. The predicted molar refractivity (Wildman–Crippen MR) is 111 cm³/mol. The summed E-state index contributed by atoms with van der Waals surface area (Å²) in [4.78, 5) is 12.4. The summed E-state index contributed by atoms with van der Waals surface area (Å²) in [6.45, 7) is 12.4. The van der Waals surface area contributed by atoms with E-state index in [0.29, 0.717) is 11.4 Å². The summed E-state index contributed by atoms with van der Waals surface area (Å²) in [5, 5.41) is 22.0. The summed E-state index contributed by atoms with van der Waals surface area (Å²) >= 11 is 0. The van der Waals surface area contributed by atoms with Crippen LogP contribution < -0.4 is 5.43 Å². The van der Waals surface area contributed by atoms with Crippen molar-refractivity contribution in [3.05, 3.63) is 45.8 Å². The minimum atomic E-state index is -0.304. The van der Waals surface area contributed by atoms with E-state index in [2.05, 4.69) is 62.3 Å². The highest BCUT2D eigenvalue weighted by molar-refractivity contribution is 5.94. The number of phenolic OH excluding ortho intramolecular Hbond substituents is 1. The van der Waals surface area contributed by atoms with Gasteiger partial charge < -0.3 is 5.11 Å². The van der Waals surface area contributed by atoms with Crippen molar-refractivity contribution in [1.29, 1.82) is 0 Å². The van der Waals surface area contributed by atoms with Crippen LogP contribution in [0, 0.1) is 0 Å². The largest absolute Gasteiger partial charge is 0.507 e. The van der Waals surface area contributed by atoms with Gasteiger partial charge in [0.1, 0.15) is 5.75 Å². The van der Waals surface area contributed by atoms with Gasteiger partial charge in [-0.1, -0.05) is 41.5 Å². The van der Waals surface area contributed by atoms with Crippen LogP contribution in [0.3, 0.4) is 0 Å². The van der Waals surface area contributed by atoms with Crippen molar-refractivity contribution in [1.82, 2.24) is 15.6 Å². The summed E-state index contributed by atoms with van der Waals surface area (Å²) in [5.41, 5.74) is 7.19. The predicted octanol–water partition coefficient (Wildman–Crippen LogP) is 3.96. The molecule has 1 aliphatic carbocycles. The number of aromatic hydroxyl groups is 1. The zero-order chi connectivity index (χ0) is 20.7. The molecule has 0 atom stereocenters. The van der Waals surface area contributed by atoms with E-state index in [0.717, 1.165) is 47.2 Å². The van der Waals surface area contributed by atoms with Crippen molar-refractivity contribution in [2.45, 2.75) is 71.6 Å². The highest BCUT2D eigenvalue weighted by Gasteiger charge is 2.26. The fourth-order valence-electron chi connectivity index (χ4n) is 3.60. The lowest BCUT2D eigenvalue weighted by Gasteiger charge is -2.27. The third-order valence-electron chi connectivity index (χ3n) is 5.15. The maximum atomic E-state index is 12.4. The topological polar surface area (TPSA) is 90.4 Å². The Balaban J connectivity index is 1.86. The van der Waals surface area contributed by atoms with E-state index < -0.39 is 0 Å². The van der Waals surface area contributed by atoms with Gasteiger partial charge in [0, 0.05) is 22.4 Å². The normalized spacial score (nSPS) is 14.5. The molecule has 0 unspecified atom stereocenters. The van der Waals surface area contributed by atoms with Crippen LogP contribution >= 0.6 is 0 Å². The van der Waals surface area contributed by atoms with Gasteiger partial charge >= 0.3 is 0 Å². The van der Waals surface area contributed by atoms with Gasteiger partial charge in [0.15, 0.2) is 5.69 Å². The molecule has 0 saturated heterocycles. The van der Waals surface area contributed by atoms with Crippen molar-refractivity contribution >= 4 is 12.1 Å². The molecule has 0 spiro atoms. The average molecular weight is 383 g/mol. The van der Waals surface area contributed by atoms with Gasteiger partial charge in [-0.05, 0) is 47.8 Å². The summed E-state index contributed by atoms with van der Waals surface area (Å²) in [6.07, 6.45) is 4.48. The van der Waals surface area contributed by atoms with E-state index in [9.17, 15) is 9.90 Å². The van der Waals surface area contributed by atoms with Crippen LogP contribution in [0.5, 0.6) is 5.75 Å². The zero-order valence-corrected chi connectivity index (χ0v) is 17.6. The number of amides is 1. The number of nitrogens with one attached hydrogen (secondary N) is 2. The number of aromatic amines is 1. The number of aromatic nitrogens is 2. The van der Waals surface area contributed by atoms with Gasteiger partial charge in [0.25, 0.3) is 5.91 Å². The second-order valence-electron chi connectivity index (χ2n) is 9.55. The molecule has 2 aromatic rings. The van der Waals surface area contributed by atoms with Crippen LogP contribution in [-0.2, 0) is 23.7 Å². The smallest absolute Gasteiger partial charge is 0.292 e. The Hall–Kier alpha value is -2.63. The van der Waals surface area contributed by atoms with Gasteiger partial charge in [-0.3, -0.25) is 9.89 Å². The lowest BCUT2D eigenvalue weighted by Crippen LogP contribution is -2.20. The summed E-state index contributed by atoms with van der Waals surface area (Å²) in [7, 11) is 0. The number of hydrogen-bond donors (Lipinski definition) is 3. The van der Waals surface area contributed by atoms with Crippen molar-refractivity contribution < 1.29 is 9.90 Å². The van der Waals surface area contributed by atoms with Crippen LogP contribution in [0.4, 0.5) is 0 Å². The Labute approximate surface area is 166 Å². The second-order valence-corrected chi connectivity index (χ2v) is 9.55. The first kappa shape index (κ1) is 20.1. The maximum absolute atomic E-state index is 12.4. The molecule has 0 saturated carbocycles. The average Bonchev–Trinajstić information content (AvgIpc) is 3.16. The third-order valence-corrected chi connectivity index (χ3v) is 5.15. The molecule has 3 N–H and O–H groups in total. The molecule has 3 rings (SSSR count). The molecule has 1 heterocycles. The third kappa shape index (κ3) is 3.96. The molecule has 1 amide bonds. The molecule has 28 heavy (non-hydrogen) atoms. The summed E-state index contributed by atoms with van der Waals surface area (Å²) in [5.74, 6) is 0.0230. The molecule has 0 fully saturated rings. The molecule has 1 aliphatic rings. The first-order chi connectivity index (χ1) is 13.0. The Morgan fingerprint density at radius 2 is 1.75 bits per heavy atom. The second kappa shape index (κ2) is 7.08. The number of fused-ring (bicyclic) bond motifs is 1. The number of phenols is 1. The number of carbonyl (C=O) groups excluding carboxylic acids is 1. The molecule has 0 aliphatic heterocycles. The van der Waals surface area contributed by atoms with Crippen LogP contribution in [0.25, 0.3) is 0 Å². The number of carbonyl (C=O) groups is 1. The standard InChI is InChI=1S/C22H30N4O2/c1-21(2,3)15-10-13(11-16(19(15)27)22(4,5)6)12-23-26-20(28)18-14-8-7-9-17(14)24-25-18/h10-12,27H,7-9H2,1-6H3,(H,24,25)(H,26,28)/b23-12+. The molecular weight excluding hydrogens is 352 g/mol. The Kier molecular flexibility index (Phi) is 5.08. The minimum Gasteiger partial charge on any atom is -0.507 e. The fraction of sp³-hybridized carbons (Fsp3) is 0.500. The Morgan fingerprint density at radius 3 is 2.32 bits per heavy atom. The lowest BCUT2D eigenvalue weighted by molar-refractivity contribution is 0.0949. The number of H-pyrrole nitrogens is 1. The van der Waals surface area contributed by atoms with Crippen molar-refractivity contribution in [3.8, 4) is 5.75 Å². The van der Waals surface area contributed by atoms with Gasteiger partial charge in [-0.15, -0.1) is 0 Å². The first-order valence-electron chi connectivity index (χ1n) is 9.76. The lowest BCUT2D eigenvalue weighted by atomic mass is 9.78. The quantitative estimate of drug-likeness (QED) is 0.554. The fourth-order valence-corrected chi connectivity index (χ4v) is 3.60. The molecule has 0 radical (unpaired) electrons. The summed E-state index contributed by atoms with van der Waals surface area (Å²) in [6, 6.07) is 3.85. The number of benzene rings is 1. The minimum absolute atomic E-state index is 0.215. The highest BCUT2D eigenvalue weighted by Crippen LogP contribution is 2.39.